The van der Waals surface area contributed by atoms with Gasteiger partial charge in [0.05, 0.1) is 11.1 Å². The van der Waals surface area contributed by atoms with Crippen LogP contribution in [0.25, 0.3) is 11.3 Å². The Balaban J connectivity index is 1.37. The monoisotopic (exact) mass is 435 g/mol. The molecule has 2 fully saturated rings. The molecule has 2 aliphatic rings. The molecule has 1 amide bonds. The molecular weight excluding hydrogens is 412 g/mol. The Kier molecular flexibility index (Phi) is 5.07. The van der Waals surface area contributed by atoms with E-state index in [0.717, 1.165) is 30.4 Å². The molecule has 6 nitrogen and oxygen atoms in total. The number of rotatable bonds is 3. The number of nitrogens with zero attached hydrogens (tertiary/aromatic N) is 5. The SMILES string of the molecule is Cc1cc(C)nc(N2CC3CN(C(=O)c4cccc(F)c4-c4ncccc4F)CC3C2)n1. The Hall–Kier alpha value is -3.42. The largest absolute Gasteiger partial charge is 0.340 e. The Morgan fingerprint density at radius 2 is 1.59 bits per heavy atom. The average Bonchev–Trinajstić information content (AvgIpc) is 3.33. The molecule has 32 heavy (non-hydrogen) atoms. The van der Waals surface area contributed by atoms with E-state index in [2.05, 4.69) is 19.9 Å². The van der Waals surface area contributed by atoms with Crippen molar-refractivity contribution in [2.75, 3.05) is 31.1 Å². The van der Waals surface area contributed by atoms with Crippen molar-refractivity contribution in [3.63, 3.8) is 0 Å². The fourth-order valence-electron chi connectivity index (χ4n) is 4.85. The Morgan fingerprint density at radius 1 is 0.938 bits per heavy atom. The van der Waals surface area contributed by atoms with Crippen LogP contribution >= 0.6 is 0 Å². The van der Waals surface area contributed by atoms with E-state index in [1.807, 2.05) is 19.9 Å². The van der Waals surface area contributed by atoms with Crippen LogP contribution in [-0.4, -0.2) is 51.9 Å². The number of anilines is 1. The van der Waals surface area contributed by atoms with Crippen LogP contribution in [0.2, 0.25) is 0 Å². The van der Waals surface area contributed by atoms with Crippen LogP contribution in [0.3, 0.4) is 0 Å². The van der Waals surface area contributed by atoms with Gasteiger partial charge in [0, 0.05) is 55.6 Å². The van der Waals surface area contributed by atoms with Gasteiger partial charge in [-0.3, -0.25) is 9.78 Å². The summed E-state index contributed by atoms with van der Waals surface area (Å²) >= 11 is 0. The van der Waals surface area contributed by atoms with Gasteiger partial charge in [0.25, 0.3) is 5.91 Å². The number of halogens is 2. The maximum absolute atomic E-state index is 14.7. The zero-order valence-electron chi connectivity index (χ0n) is 17.9. The molecule has 3 aromatic rings. The molecule has 4 heterocycles. The van der Waals surface area contributed by atoms with Gasteiger partial charge >= 0.3 is 0 Å². The van der Waals surface area contributed by atoms with E-state index < -0.39 is 11.6 Å². The Bertz CT molecular complexity index is 1170. The molecule has 0 bridgehead atoms. The van der Waals surface area contributed by atoms with Crippen molar-refractivity contribution in [3.05, 3.63) is 71.2 Å². The lowest BCUT2D eigenvalue weighted by Gasteiger charge is -2.23. The zero-order chi connectivity index (χ0) is 22.4. The minimum atomic E-state index is -0.661. The number of carbonyl (C=O) groups is 1. The van der Waals surface area contributed by atoms with E-state index in [4.69, 9.17) is 0 Å². The van der Waals surface area contributed by atoms with Gasteiger partial charge in [-0.2, -0.15) is 0 Å². The van der Waals surface area contributed by atoms with Gasteiger partial charge in [-0.15, -0.1) is 0 Å². The van der Waals surface area contributed by atoms with Gasteiger partial charge in [0.1, 0.15) is 17.3 Å². The van der Waals surface area contributed by atoms with Crippen molar-refractivity contribution in [1.82, 2.24) is 19.9 Å². The van der Waals surface area contributed by atoms with Gasteiger partial charge in [0.2, 0.25) is 5.95 Å². The van der Waals surface area contributed by atoms with Gasteiger partial charge in [-0.05, 0) is 44.2 Å². The summed E-state index contributed by atoms with van der Waals surface area (Å²) in [5.41, 5.74) is 1.77. The average molecular weight is 435 g/mol. The van der Waals surface area contributed by atoms with E-state index in [9.17, 15) is 13.6 Å². The van der Waals surface area contributed by atoms with Crippen LogP contribution in [0.5, 0.6) is 0 Å². The zero-order valence-corrected chi connectivity index (χ0v) is 17.9. The first kappa shape index (κ1) is 20.5. The summed E-state index contributed by atoms with van der Waals surface area (Å²) in [5.74, 6) is -0.320. The fourth-order valence-corrected chi connectivity index (χ4v) is 4.85. The highest BCUT2D eigenvalue weighted by atomic mass is 19.1. The lowest BCUT2D eigenvalue weighted by molar-refractivity contribution is 0.0783. The third kappa shape index (κ3) is 3.59. The van der Waals surface area contributed by atoms with Gasteiger partial charge in [0.15, 0.2) is 0 Å². The summed E-state index contributed by atoms with van der Waals surface area (Å²) < 4.78 is 29.1. The van der Waals surface area contributed by atoms with Crippen molar-refractivity contribution in [2.24, 2.45) is 11.8 Å². The molecule has 164 valence electrons. The number of hydrogen-bond acceptors (Lipinski definition) is 5. The highest BCUT2D eigenvalue weighted by molar-refractivity contribution is 6.00. The maximum atomic E-state index is 14.7. The molecule has 0 saturated carbocycles. The van der Waals surface area contributed by atoms with E-state index in [0.29, 0.717) is 13.1 Å². The third-order valence-electron chi connectivity index (χ3n) is 6.27. The number of aromatic nitrogens is 3. The number of carbonyl (C=O) groups excluding carboxylic acids is 1. The molecule has 8 heteroatoms. The summed E-state index contributed by atoms with van der Waals surface area (Å²) in [7, 11) is 0. The van der Waals surface area contributed by atoms with Crippen molar-refractivity contribution in [2.45, 2.75) is 13.8 Å². The van der Waals surface area contributed by atoms with E-state index >= 15 is 0 Å². The first-order chi connectivity index (χ1) is 15.4. The van der Waals surface area contributed by atoms with Crippen LogP contribution in [0.1, 0.15) is 21.7 Å². The topological polar surface area (TPSA) is 62.2 Å². The molecule has 0 N–H and O–H groups in total. The lowest BCUT2D eigenvalue weighted by Crippen LogP contribution is -2.34. The molecule has 2 saturated heterocycles. The van der Waals surface area contributed by atoms with Crippen LogP contribution in [0.4, 0.5) is 14.7 Å². The van der Waals surface area contributed by atoms with Crippen LogP contribution in [0.15, 0.2) is 42.6 Å². The number of aryl methyl sites for hydroxylation is 2. The van der Waals surface area contributed by atoms with Crippen LogP contribution in [0, 0.1) is 37.3 Å². The summed E-state index contributed by atoms with van der Waals surface area (Å²) in [5, 5.41) is 0. The van der Waals surface area contributed by atoms with Gasteiger partial charge < -0.3 is 9.80 Å². The number of pyridine rings is 1. The Morgan fingerprint density at radius 3 is 2.25 bits per heavy atom. The normalized spacial score (nSPS) is 20.0. The number of likely N-dealkylation sites (tertiary alicyclic amines) is 1. The fraction of sp³-hybridized carbons (Fsp3) is 0.333. The number of benzene rings is 1. The molecule has 2 aromatic heterocycles. The predicted molar refractivity (Wildman–Crippen MR) is 116 cm³/mol. The third-order valence-corrected chi connectivity index (χ3v) is 6.27. The highest BCUT2D eigenvalue weighted by Crippen LogP contribution is 2.35. The summed E-state index contributed by atoms with van der Waals surface area (Å²) in [6.07, 6.45) is 1.39. The molecule has 2 aliphatic heterocycles. The molecule has 0 radical (unpaired) electrons. The van der Waals surface area contributed by atoms with Crippen LogP contribution in [-0.2, 0) is 0 Å². The van der Waals surface area contributed by atoms with E-state index in [1.165, 1.54) is 30.5 Å². The van der Waals surface area contributed by atoms with E-state index in [-0.39, 0.29) is 34.6 Å². The smallest absolute Gasteiger partial charge is 0.254 e. The quantitative estimate of drug-likeness (QED) is 0.629. The standard InChI is InChI=1S/C24H23F2N5O/c1-14-9-15(2)29-24(28-14)31-12-16-10-30(11-17(16)13-31)23(32)18-5-3-6-19(25)21(18)22-20(26)7-4-8-27-22/h3-9,16-17H,10-13H2,1-2H3. The minimum Gasteiger partial charge on any atom is -0.340 e. The predicted octanol–water partition coefficient (Wildman–Crippen LogP) is 3.64. The first-order valence-corrected chi connectivity index (χ1v) is 10.7. The second-order valence-corrected chi connectivity index (χ2v) is 8.58. The lowest BCUT2D eigenvalue weighted by atomic mass is 10.0. The van der Waals surface area contributed by atoms with Crippen molar-refractivity contribution in [1.29, 1.82) is 0 Å². The second kappa shape index (κ2) is 7.93. The Labute approximate surface area is 184 Å². The van der Waals surface area contributed by atoms with E-state index in [1.54, 1.807) is 11.0 Å². The molecule has 1 aromatic carbocycles. The summed E-state index contributed by atoms with van der Waals surface area (Å²) in [6, 6.07) is 8.84. The summed E-state index contributed by atoms with van der Waals surface area (Å²) in [6.45, 7) is 6.56. The molecule has 0 aliphatic carbocycles. The van der Waals surface area contributed by atoms with Crippen molar-refractivity contribution in [3.8, 4) is 11.3 Å². The number of fused-ring (bicyclic) bond motifs is 1. The number of hydrogen-bond donors (Lipinski definition) is 0. The second-order valence-electron chi connectivity index (χ2n) is 8.58. The summed E-state index contributed by atoms with van der Waals surface area (Å²) in [4.78, 5) is 30.4. The molecule has 2 atom stereocenters. The highest BCUT2D eigenvalue weighted by Gasteiger charge is 2.43. The number of amides is 1. The maximum Gasteiger partial charge on any atom is 0.254 e. The van der Waals surface area contributed by atoms with Crippen molar-refractivity contribution < 1.29 is 13.6 Å². The molecule has 0 spiro atoms. The molecule has 5 rings (SSSR count). The van der Waals surface area contributed by atoms with Gasteiger partial charge in [-0.25, -0.2) is 18.7 Å². The van der Waals surface area contributed by atoms with Gasteiger partial charge in [-0.1, -0.05) is 6.07 Å². The first-order valence-electron chi connectivity index (χ1n) is 10.7. The molecule has 2 unspecified atom stereocenters. The van der Waals surface area contributed by atoms with Crippen LogP contribution < -0.4 is 4.90 Å². The molecular formula is C24H23F2N5O. The minimum absolute atomic E-state index is 0.0853. The van der Waals surface area contributed by atoms with Crippen molar-refractivity contribution >= 4 is 11.9 Å².